The summed E-state index contributed by atoms with van der Waals surface area (Å²) >= 11 is 12.1. The maximum atomic E-state index is 6.11. The van der Waals surface area contributed by atoms with Crippen LogP contribution in [0.15, 0.2) is 54.6 Å². The standard InChI is InChI=1S/C25H25Cl2NO3/c1-16(28-10-9-18-12-24(29-2)25(30-3)13-19(18)15-28)17-5-4-6-20(11-17)31-21-7-8-22(26)23(27)14-21/h4-8,11-14,16H,9-10,15H2,1-3H3. The average Bonchev–Trinajstić information content (AvgIpc) is 2.79. The molecule has 162 valence electrons. The third kappa shape index (κ3) is 4.77. The van der Waals surface area contributed by atoms with Crippen LogP contribution in [0.5, 0.6) is 23.0 Å². The molecule has 3 aromatic carbocycles. The van der Waals surface area contributed by atoms with Gasteiger partial charge in [0.25, 0.3) is 0 Å². The number of hydrogen-bond donors (Lipinski definition) is 0. The molecule has 1 unspecified atom stereocenters. The second kappa shape index (κ2) is 9.39. The Morgan fingerprint density at radius 3 is 2.26 bits per heavy atom. The van der Waals surface area contributed by atoms with E-state index >= 15 is 0 Å². The lowest BCUT2D eigenvalue weighted by molar-refractivity contribution is 0.191. The number of fused-ring (bicyclic) bond motifs is 1. The van der Waals surface area contributed by atoms with Crippen LogP contribution in [0.2, 0.25) is 10.0 Å². The quantitative estimate of drug-likeness (QED) is 0.401. The van der Waals surface area contributed by atoms with E-state index in [0.29, 0.717) is 15.8 Å². The molecule has 4 nitrogen and oxygen atoms in total. The van der Waals surface area contributed by atoms with E-state index in [-0.39, 0.29) is 6.04 Å². The number of benzene rings is 3. The van der Waals surface area contributed by atoms with Crippen molar-refractivity contribution in [3.05, 3.63) is 81.3 Å². The number of nitrogens with zero attached hydrogens (tertiary/aromatic N) is 1. The highest BCUT2D eigenvalue weighted by Gasteiger charge is 2.24. The Hall–Kier alpha value is -2.40. The number of hydrogen-bond acceptors (Lipinski definition) is 4. The number of ether oxygens (including phenoxy) is 3. The van der Waals surface area contributed by atoms with Crippen LogP contribution in [0, 0.1) is 0 Å². The molecule has 0 N–H and O–H groups in total. The average molecular weight is 458 g/mol. The minimum Gasteiger partial charge on any atom is -0.493 e. The summed E-state index contributed by atoms with van der Waals surface area (Å²) < 4.78 is 17.0. The lowest BCUT2D eigenvalue weighted by Gasteiger charge is -2.34. The lowest BCUT2D eigenvalue weighted by Crippen LogP contribution is -2.33. The Morgan fingerprint density at radius 1 is 0.839 bits per heavy atom. The molecular weight excluding hydrogens is 433 g/mol. The van der Waals surface area contributed by atoms with Gasteiger partial charge in [0.15, 0.2) is 11.5 Å². The van der Waals surface area contributed by atoms with Gasteiger partial charge in [-0.1, -0.05) is 35.3 Å². The van der Waals surface area contributed by atoms with Crippen LogP contribution in [0.3, 0.4) is 0 Å². The highest BCUT2D eigenvalue weighted by atomic mass is 35.5. The zero-order valence-electron chi connectivity index (χ0n) is 17.8. The molecular formula is C25H25Cl2NO3. The minimum atomic E-state index is 0.235. The number of methoxy groups -OCH3 is 2. The van der Waals surface area contributed by atoms with E-state index < -0.39 is 0 Å². The molecule has 0 amide bonds. The summed E-state index contributed by atoms with van der Waals surface area (Å²) in [6, 6.07) is 17.9. The second-order valence-electron chi connectivity index (χ2n) is 7.62. The Kier molecular flexibility index (Phi) is 6.61. The third-order valence-corrected chi connectivity index (χ3v) is 6.50. The topological polar surface area (TPSA) is 30.9 Å². The summed E-state index contributed by atoms with van der Waals surface area (Å²) in [4.78, 5) is 2.46. The van der Waals surface area contributed by atoms with Crippen molar-refractivity contribution in [1.82, 2.24) is 4.90 Å². The highest BCUT2D eigenvalue weighted by Crippen LogP contribution is 2.36. The number of halogens is 2. The first-order chi connectivity index (χ1) is 15.0. The minimum absolute atomic E-state index is 0.235. The van der Waals surface area contributed by atoms with Gasteiger partial charge in [-0.15, -0.1) is 0 Å². The van der Waals surface area contributed by atoms with Crippen LogP contribution in [-0.2, 0) is 13.0 Å². The van der Waals surface area contributed by atoms with Crippen LogP contribution >= 0.6 is 23.2 Å². The molecule has 1 heterocycles. The monoisotopic (exact) mass is 457 g/mol. The van der Waals surface area contributed by atoms with Gasteiger partial charge in [-0.2, -0.15) is 0 Å². The van der Waals surface area contributed by atoms with Gasteiger partial charge in [-0.05, 0) is 66.4 Å². The van der Waals surface area contributed by atoms with Gasteiger partial charge in [-0.25, -0.2) is 0 Å². The van der Waals surface area contributed by atoms with E-state index in [4.69, 9.17) is 37.4 Å². The first-order valence-electron chi connectivity index (χ1n) is 10.2. The molecule has 0 spiro atoms. The third-order valence-electron chi connectivity index (χ3n) is 5.76. The molecule has 0 saturated carbocycles. The lowest BCUT2D eigenvalue weighted by atomic mass is 9.96. The van der Waals surface area contributed by atoms with Crippen LogP contribution in [0.4, 0.5) is 0 Å². The van der Waals surface area contributed by atoms with E-state index in [1.54, 1.807) is 26.4 Å². The molecule has 0 radical (unpaired) electrons. The molecule has 3 aromatic rings. The molecule has 0 fully saturated rings. The van der Waals surface area contributed by atoms with E-state index in [2.05, 4.69) is 36.1 Å². The summed E-state index contributed by atoms with van der Waals surface area (Å²) in [6.07, 6.45) is 0.972. The molecule has 31 heavy (non-hydrogen) atoms. The van der Waals surface area contributed by atoms with E-state index in [1.165, 1.54) is 16.7 Å². The van der Waals surface area contributed by atoms with Crippen molar-refractivity contribution in [1.29, 1.82) is 0 Å². The largest absolute Gasteiger partial charge is 0.493 e. The van der Waals surface area contributed by atoms with Crippen LogP contribution < -0.4 is 14.2 Å². The molecule has 1 atom stereocenters. The molecule has 6 heteroatoms. The van der Waals surface area contributed by atoms with Gasteiger partial charge < -0.3 is 14.2 Å². The fourth-order valence-corrected chi connectivity index (χ4v) is 4.25. The van der Waals surface area contributed by atoms with Crippen molar-refractivity contribution >= 4 is 23.2 Å². The van der Waals surface area contributed by atoms with Crippen molar-refractivity contribution in [3.63, 3.8) is 0 Å². The van der Waals surface area contributed by atoms with Crippen molar-refractivity contribution in [3.8, 4) is 23.0 Å². The van der Waals surface area contributed by atoms with Crippen molar-refractivity contribution < 1.29 is 14.2 Å². The molecule has 1 aliphatic heterocycles. The number of rotatable bonds is 6. The second-order valence-corrected chi connectivity index (χ2v) is 8.44. The Labute approximate surface area is 193 Å². The maximum Gasteiger partial charge on any atom is 0.161 e. The highest BCUT2D eigenvalue weighted by molar-refractivity contribution is 6.42. The summed E-state index contributed by atoms with van der Waals surface area (Å²) in [7, 11) is 3.35. The van der Waals surface area contributed by atoms with Gasteiger partial charge in [0.2, 0.25) is 0 Å². The summed E-state index contributed by atoms with van der Waals surface area (Å²) in [5, 5.41) is 0.985. The smallest absolute Gasteiger partial charge is 0.161 e. The Morgan fingerprint density at radius 2 is 1.55 bits per heavy atom. The van der Waals surface area contributed by atoms with Gasteiger partial charge >= 0.3 is 0 Å². The van der Waals surface area contributed by atoms with Crippen LogP contribution in [-0.4, -0.2) is 25.7 Å². The fraction of sp³-hybridized carbons (Fsp3) is 0.280. The summed E-state index contributed by atoms with van der Waals surface area (Å²) in [5.41, 5.74) is 3.79. The predicted molar refractivity (Wildman–Crippen MR) is 125 cm³/mol. The van der Waals surface area contributed by atoms with Crippen molar-refractivity contribution in [2.24, 2.45) is 0 Å². The molecule has 1 aliphatic rings. The predicted octanol–water partition coefficient (Wildman–Crippen LogP) is 6.92. The van der Waals surface area contributed by atoms with Gasteiger partial charge in [0.05, 0.1) is 24.3 Å². The summed E-state index contributed by atoms with van der Waals surface area (Å²) in [5.74, 6) is 2.99. The molecule has 0 bridgehead atoms. The normalized spacial score (nSPS) is 14.6. The fourth-order valence-electron chi connectivity index (χ4n) is 3.96. The zero-order chi connectivity index (χ0) is 22.0. The maximum absolute atomic E-state index is 6.11. The van der Waals surface area contributed by atoms with Crippen molar-refractivity contribution in [2.45, 2.75) is 25.9 Å². The van der Waals surface area contributed by atoms with Gasteiger partial charge in [0.1, 0.15) is 11.5 Å². The van der Waals surface area contributed by atoms with Crippen LogP contribution in [0.25, 0.3) is 0 Å². The SMILES string of the molecule is COc1cc2c(cc1OC)CN(C(C)c1cccc(Oc3ccc(Cl)c(Cl)c3)c1)CC2. The first kappa shape index (κ1) is 21.8. The first-order valence-corrected chi connectivity index (χ1v) is 10.9. The summed E-state index contributed by atoms with van der Waals surface area (Å²) in [6.45, 7) is 4.06. The Bertz CT molecular complexity index is 1090. The van der Waals surface area contributed by atoms with E-state index in [1.807, 2.05) is 18.2 Å². The Balaban J connectivity index is 1.52. The zero-order valence-corrected chi connectivity index (χ0v) is 19.3. The van der Waals surface area contributed by atoms with Gasteiger partial charge in [0, 0.05) is 25.2 Å². The molecule has 0 aliphatic carbocycles. The van der Waals surface area contributed by atoms with Crippen molar-refractivity contribution in [2.75, 3.05) is 20.8 Å². The van der Waals surface area contributed by atoms with Gasteiger partial charge in [-0.3, -0.25) is 4.90 Å². The molecule has 0 saturated heterocycles. The van der Waals surface area contributed by atoms with E-state index in [0.717, 1.165) is 36.8 Å². The molecule has 0 aromatic heterocycles. The van der Waals surface area contributed by atoms with Crippen LogP contribution in [0.1, 0.15) is 29.7 Å². The van der Waals surface area contributed by atoms with E-state index in [9.17, 15) is 0 Å². The molecule has 4 rings (SSSR count).